The maximum absolute atomic E-state index is 12.5. The van der Waals surface area contributed by atoms with Gasteiger partial charge in [0.25, 0.3) is 0 Å². The first-order valence-electron chi connectivity index (χ1n) is 4.02. The Bertz CT molecular complexity index is 367. The molecular formula is C9H8ClFN2O2. The highest BCUT2D eigenvalue weighted by molar-refractivity contribution is 6.29. The van der Waals surface area contributed by atoms with Crippen LogP contribution in [0, 0.1) is 5.82 Å². The lowest BCUT2D eigenvalue weighted by Gasteiger charge is -1.99. The Morgan fingerprint density at radius 3 is 2.60 bits per heavy atom. The topological polar surface area (TPSA) is 51.0 Å². The zero-order valence-corrected chi connectivity index (χ0v) is 8.61. The molecule has 0 bridgehead atoms. The third kappa shape index (κ3) is 3.63. The first-order chi connectivity index (χ1) is 7.13. The van der Waals surface area contributed by atoms with E-state index in [-0.39, 0.29) is 5.82 Å². The number of benzene rings is 1. The van der Waals surface area contributed by atoms with E-state index in [1.54, 1.807) is 0 Å². The lowest BCUT2D eigenvalue weighted by molar-refractivity contribution is -0.140. The second kappa shape index (κ2) is 5.41. The van der Waals surface area contributed by atoms with Crippen molar-refractivity contribution in [1.29, 1.82) is 0 Å². The van der Waals surface area contributed by atoms with Gasteiger partial charge >= 0.3 is 5.97 Å². The largest absolute Gasteiger partial charge is 0.466 e. The fraction of sp³-hybridized carbons (Fsp3) is 0.222. The maximum atomic E-state index is 12.5. The Morgan fingerprint density at radius 2 is 2.07 bits per heavy atom. The summed E-state index contributed by atoms with van der Waals surface area (Å²) in [6.45, 7) is 0. The molecule has 4 nitrogen and oxygen atoms in total. The molecule has 1 rings (SSSR count). The molecule has 0 saturated heterocycles. The molecular weight excluding hydrogens is 223 g/mol. The predicted molar refractivity (Wildman–Crippen MR) is 52.6 cm³/mol. The minimum absolute atomic E-state index is 0.371. The highest BCUT2D eigenvalue weighted by atomic mass is 35.5. The molecule has 0 spiro atoms. The Morgan fingerprint density at radius 1 is 1.47 bits per heavy atom. The quantitative estimate of drug-likeness (QED) is 0.347. The second-order valence-corrected chi connectivity index (χ2v) is 2.96. The molecule has 0 N–H and O–H groups in total. The monoisotopic (exact) mass is 230 g/mol. The highest BCUT2D eigenvalue weighted by Crippen LogP contribution is 2.14. The van der Waals surface area contributed by atoms with Gasteiger partial charge in [-0.1, -0.05) is 11.6 Å². The molecule has 0 aromatic heterocycles. The fourth-order valence-corrected chi connectivity index (χ4v) is 0.902. The van der Waals surface area contributed by atoms with E-state index in [2.05, 4.69) is 15.0 Å². The lowest BCUT2D eigenvalue weighted by atomic mass is 10.3. The molecule has 80 valence electrons. The Balaban J connectivity index is 2.65. The molecule has 0 aliphatic heterocycles. The van der Waals surface area contributed by atoms with Crippen LogP contribution in [0.15, 0.2) is 34.5 Å². The summed E-state index contributed by atoms with van der Waals surface area (Å²) < 4.78 is 16.8. The normalized spacial score (nSPS) is 12.7. The zero-order chi connectivity index (χ0) is 11.3. The summed E-state index contributed by atoms with van der Waals surface area (Å²) in [5.74, 6) is -1.06. The predicted octanol–water partition coefficient (Wildman–Crippen LogP) is 2.65. The van der Waals surface area contributed by atoms with Crippen molar-refractivity contribution in [2.24, 2.45) is 10.2 Å². The number of ether oxygens (including phenoxy) is 1. The van der Waals surface area contributed by atoms with E-state index < -0.39 is 11.5 Å². The number of hydrogen-bond acceptors (Lipinski definition) is 4. The summed E-state index contributed by atoms with van der Waals surface area (Å²) in [7, 11) is 1.20. The number of methoxy groups -OCH3 is 1. The van der Waals surface area contributed by atoms with E-state index in [1.807, 2.05) is 0 Å². The molecule has 0 fully saturated rings. The van der Waals surface area contributed by atoms with Gasteiger partial charge < -0.3 is 4.74 Å². The van der Waals surface area contributed by atoms with Crippen LogP contribution in [0.2, 0.25) is 0 Å². The highest BCUT2D eigenvalue weighted by Gasteiger charge is 2.13. The summed E-state index contributed by atoms with van der Waals surface area (Å²) in [6, 6.07) is 5.30. The van der Waals surface area contributed by atoms with E-state index >= 15 is 0 Å². The maximum Gasteiger partial charge on any atom is 0.348 e. The Kier molecular flexibility index (Phi) is 4.17. The van der Waals surface area contributed by atoms with Crippen molar-refractivity contribution >= 4 is 23.3 Å². The first kappa shape index (κ1) is 11.6. The fourth-order valence-electron chi connectivity index (χ4n) is 0.770. The summed E-state index contributed by atoms with van der Waals surface area (Å²) >= 11 is 5.50. The SMILES string of the molecule is COC(=O)C(Cl)N=Nc1ccc(F)cc1. The summed E-state index contributed by atoms with van der Waals surface area (Å²) in [4.78, 5) is 10.8. The number of alkyl halides is 1. The lowest BCUT2D eigenvalue weighted by Crippen LogP contribution is -2.12. The van der Waals surface area contributed by atoms with E-state index in [9.17, 15) is 9.18 Å². The van der Waals surface area contributed by atoms with Gasteiger partial charge in [-0.25, -0.2) is 9.18 Å². The molecule has 0 aliphatic rings. The van der Waals surface area contributed by atoms with Crippen LogP contribution in [0.25, 0.3) is 0 Å². The van der Waals surface area contributed by atoms with Crippen molar-refractivity contribution in [2.45, 2.75) is 5.50 Å². The number of carbonyl (C=O) groups excluding carboxylic acids is 1. The van der Waals surface area contributed by atoms with Crippen molar-refractivity contribution in [1.82, 2.24) is 0 Å². The van der Waals surface area contributed by atoms with Gasteiger partial charge in [-0.15, -0.1) is 0 Å². The number of rotatable bonds is 3. The Hall–Kier alpha value is -1.49. The molecule has 15 heavy (non-hydrogen) atoms. The molecule has 0 radical (unpaired) electrons. The van der Waals surface area contributed by atoms with Gasteiger partial charge in [0.05, 0.1) is 12.8 Å². The standard InChI is InChI=1S/C9H8ClFN2O2/c1-15-9(14)8(10)13-12-7-4-2-6(11)3-5-7/h2-5,8H,1H3. The van der Waals surface area contributed by atoms with Gasteiger partial charge in [-0.05, 0) is 24.3 Å². The molecule has 1 atom stereocenters. The van der Waals surface area contributed by atoms with E-state index in [0.717, 1.165) is 0 Å². The average molecular weight is 231 g/mol. The van der Waals surface area contributed by atoms with Crippen LogP contribution >= 0.6 is 11.6 Å². The third-order valence-electron chi connectivity index (χ3n) is 1.50. The van der Waals surface area contributed by atoms with Gasteiger partial charge in [-0.3, -0.25) is 0 Å². The minimum atomic E-state index is -1.18. The van der Waals surface area contributed by atoms with Gasteiger partial charge in [0.15, 0.2) is 0 Å². The number of esters is 1. The summed E-state index contributed by atoms with van der Waals surface area (Å²) in [6.07, 6.45) is 0. The molecule has 0 saturated carbocycles. The number of azo groups is 1. The smallest absolute Gasteiger partial charge is 0.348 e. The van der Waals surface area contributed by atoms with Gasteiger partial charge in [-0.2, -0.15) is 10.2 Å². The molecule has 0 heterocycles. The van der Waals surface area contributed by atoms with Crippen LogP contribution in [0.5, 0.6) is 0 Å². The summed E-state index contributed by atoms with van der Waals surface area (Å²) in [5, 5.41) is 7.13. The van der Waals surface area contributed by atoms with Crippen LogP contribution in [0.4, 0.5) is 10.1 Å². The molecule has 0 aliphatic carbocycles. The number of carbonyl (C=O) groups is 1. The Labute approximate surface area is 90.7 Å². The number of halogens is 2. The second-order valence-electron chi connectivity index (χ2n) is 2.55. The molecule has 1 unspecified atom stereocenters. The van der Waals surface area contributed by atoms with E-state index in [1.165, 1.54) is 31.4 Å². The molecule has 0 amide bonds. The van der Waals surface area contributed by atoms with Crippen molar-refractivity contribution in [3.63, 3.8) is 0 Å². The molecule has 1 aromatic carbocycles. The third-order valence-corrected chi connectivity index (χ3v) is 1.76. The number of nitrogens with zero attached hydrogens (tertiary/aromatic N) is 2. The van der Waals surface area contributed by atoms with Gasteiger partial charge in [0.2, 0.25) is 5.50 Å². The first-order valence-corrected chi connectivity index (χ1v) is 4.45. The van der Waals surface area contributed by atoms with Crippen LogP contribution in [0.3, 0.4) is 0 Å². The van der Waals surface area contributed by atoms with Crippen LogP contribution < -0.4 is 0 Å². The van der Waals surface area contributed by atoms with Crippen molar-refractivity contribution in [3.05, 3.63) is 30.1 Å². The van der Waals surface area contributed by atoms with E-state index in [0.29, 0.717) is 5.69 Å². The zero-order valence-electron chi connectivity index (χ0n) is 7.85. The number of hydrogen-bond donors (Lipinski definition) is 0. The van der Waals surface area contributed by atoms with Gasteiger partial charge in [0, 0.05) is 0 Å². The molecule has 6 heteroatoms. The van der Waals surface area contributed by atoms with E-state index in [4.69, 9.17) is 11.6 Å². The van der Waals surface area contributed by atoms with Crippen molar-refractivity contribution in [3.8, 4) is 0 Å². The average Bonchev–Trinajstić information content (AvgIpc) is 2.26. The molecule has 1 aromatic rings. The van der Waals surface area contributed by atoms with Crippen molar-refractivity contribution < 1.29 is 13.9 Å². The minimum Gasteiger partial charge on any atom is -0.466 e. The van der Waals surface area contributed by atoms with Crippen molar-refractivity contribution in [2.75, 3.05) is 7.11 Å². The summed E-state index contributed by atoms with van der Waals surface area (Å²) in [5.41, 5.74) is -0.772. The van der Waals surface area contributed by atoms with Crippen LogP contribution in [0.1, 0.15) is 0 Å². The van der Waals surface area contributed by atoms with Gasteiger partial charge in [0.1, 0.15) is 5.82 Å². The van der Waals surface area contributed by atoms with Crippen LogP contribution in [-0.2, 0) is 9.53 Å². The van der Waals surface area contributed by atoms with Crippen LogP contribution in [-0.4, -0.2) is 18.6 Å².